The Morgan fingerprint density at radius 1 is 0.913 bits per heavy atom. The number of nitrogens with one attached hydrogen (secondary N) is 2. The minimum Gasteiger partial charge on any atom is -0.436 e. The minimum atomic E-state index is -0.935. The fourth-order valence-electron chi connectivity index (χ4n) is 7.16. The van der Waals surface area contributed by atoms with Gasteiger partial charge in [-0.2, -0.15) is 0 Å². The normalized spacial score (nSPS) is 20.7. The van der Waals surface area contributed by atoms with Gasteiger partial charge in [-0.3, -0.25) is 14.7 Å². The predicted octanol–water partition coefficient (Wildman–Crippen LogP) is 3.83. The van der Waals surface area contributed by atoms with Crippen molar-refractivity contribution in [3.05, 3.63) is 58.9 Å². The molecule has 11 heteroatoms. The first kappa shape index (κ1) is 33.7. The number of fused-ring (bicyclic) bond motifs is 1. The number of likely N-dealkylation sites (tertiary alicyclic amines) is 2. The van der Waals surface area contributed by atoms with Gasteiger partial charge in [-0.15, -0.1) is 0 Å². The van der Waals surface area contributed by atoms with Gasteiger partial charge < -0.3 is 30.1 Å². The van der Waals surface area contributed by atoms with Crippen LogP contribution in [0.25, 0.3) is 0 Å². The van der Waals surface area contributed by atoms with E-state index in [1.807, 2.05) is 54.1 Å². The van der Waals surface area contributed by atoms with E-state index in [2.05, 4.69) is 26.6 Å². The molecule has 250 valence electrons. The van der Waals surface area contributed by atoms with Crippen LogP contribution in [0.5, 0.6) is 0 Å². The zero-order valence-corrected chi connectivity index (χ0v) is 26.7. The summed E-state index contributed by atoms with van der Waals surface area (Å²) < 4.78 is 6.03. The number of aromatic nitrogens is 1. The smallest absolute Gasteiger partial charge is 0.410 e. The number of carbonyl (C=O) groups excluding carboxylic acids is 3. The number of urea groups is 1. The van der Waals surface area contributed by atoms with Gasteiger partial charge in [0, 0.05) is 95.0 Å². The Morgan fingerprint density at radius 2 is 1.59 bits per heavy atom. The lowest BCUT2D eigenvalue weighted by Gasteiger charge is -2.41. The monoisotopic (exact) mass is 633 g/mol. The van der Waals surface area contributed by atoms with Gasteiger partial charge in [0.15, 0.2) is 6.10 Å². The van der Waals surface area contributed by atoms with E-state index in [0.29, 0.717) is 51.6 Å². The SMILES string of the molecule is C.Cc1cnc(C[C@@H](OC(=O)N2CCC(N3CCc4ccccc4NC3=O)CC2)C(=O)N2CCC(N3CCNCC3)CC2)cc1C. The Labute approximate surface area is 273 Å². The standard InChI is InChI=1S/C34H47N7O4.CH4/c1-24-21-27(36-23-25(24)2)22-31(32(42)39-14-8-28(9-15-39)38-19-12-35-13-20-38)45-34(44)40-16-10-29(11-17-40)41-18-7-26-5-3-4-6-30(26)37-33(41)43;/h3-6,21,23,28-29,31,35H,7-20,22H2,1-2H3,(H,37,43);1H4/t31-;/m1./s1. The van der Waals surface area contributed by atoms with Crippen LogP contribution >= 0.6 is 0 Å². The number of nitrogens with zero attached hydrogens (tertiary/aromatic N) is 5. The van der Waals surface area contributed by atoms with E-state index in [0.717, 1.165) is 73.5 Å². The van der Waals surface area contributed by atoms with Gasteiger partial charge >= 0.3 is 12.1 Å². The van der Waals surface area contributed by atoms with Gasteiger partial charge in [-0.05, 0) is 74.8 Å². The molecule has 0 aliphatic carbocycles. The number of carbonyl (C=O) groups is 3. The van der Waals surface area contributed by atoms with Crippen LogP contribution in [0, 0.1) is 13.8 Å². The molecule has 0 radical (unpaired) electrons. The number of para-hydroxylation sites is 1. The molecular weight excluding hydrogens is 582 g/mol. The molecule has 3 fully saturated rings. The Balaban J connectivity index is 0.00000417. The van der Waals surface area contributed by atoms with E-state index in [4.69, 9.17) is 4.74 Å². The molecule has 1 aromatic carbocycles. The van der Waals surface area contributed by atoms with Gasteiger partial charge in [-0.1, -0.05) is 25.6 Å². The summed E-state index contributed by atoms with van der Waals surface area (Å²) in [5.74, 6) is -0.141. The molecule has 4 aliphatic rings. The van der Waals surface area contributed by atoms with E-state index < -0.39 is 12.2 Å². The van der Waals surface area contributed by atoms with Crippen LogP contribution in [0.2, 0.25) is 0 Å². The van der Waals surface area contributed by atoms with Gasteiger partial charge in [0.25, 0.3) is 5.91 Å². The van der Waals surface area contributed by atoms with E-state index in [9.17, 15) is 14.4 Å². The van der Waals surface area contributed by atoms with E-state index in [-0.39, 0.29) is 31.8 Å². The number of pyridine rings is 1. The van der Waals surface area contributed by atoms with Crippen molar-refractivity contribution in [3.63, 3.8) is 0 Å². The highest BCUT2D eigenvalue weighted by Gasteiger charge is 2.36. The Morgan fingerprint density at radius 3 is 2.30 bits per heavy atom. The second-order valence-corrected chi connectivity index (χ2v) is 12.9. The fourth-order valence-corrected chi connectivity index (χ4v) is 7.16. The maximum atomic E-state index is 13.9. The maximum absolute atomic E-state index is 13.9. The number of rotatable bonds is 6. The zero-order chi connectivity index (χ0) is 31.3. The summed E-state index contributed by atoms with van der Waals surface area (Å²) in [5, 5.41) is 6.47. The molecule has 6 rings (SSSR count). The summed E-state index contributed by atoms with van der Waals surface area (Å²) in [6.45, 7) is 11.1. The molecule has 4 aliphatic heterocycles. The van der Waals surface area contributed by atoms with Gasteiger partial charge in [0.05, 0.1) is 0 Å². The number of benzene rings is 1. The number of hydrogen-bond acceptors (Lipinski definition) is 7. The first-order valence-corrected chi connectivity index (χ1v) is 16.6. The van der Waals surface area contributed by atoms with Crippen molar-refractivity contribution < 1.29 is 19.1 Å². The Bertz CT molecular complexity index is 1360. The van der Waals surface area contributed by atoms with Crippen molar-refractivity contribution in [3.8, 4) is 0 Å². The van der Waals surface area contributed by atoms with Crippen LogP contribution in [0.3, 0.4) is 0 Å². The second kappa shape index (κ2) is 15.3. The zero-order valence-electron chi connectivity index (χ0n) is 26.7. The summed E-state index contributed by atoms with van der Waals surface area (Å²) in [6, 6.07) is 10.3. The van der Waals surface area contributed by atoms with E-state index in [1.54, 1.807) is 4.90 Å². The topological polar surface area (TPSA) is 110 Å². The Hall–Kier alpha value is -3.70. The quantitative estimate of drug-likeness (QED) is 0.498. The number of amides is 4. The lowest BCUT2D eigenvalue weighted by molar-refractivity contribution is -0.142. The maximum Gasteiger partial charge on any atom is 0.410 e. The fraction of sp³-hybridized carbons (Fsp3) is 0.600. The molecule has 1 aromatic heterocycles. The number of ether oxygens (including phenoxy) is 1. The molecule has 0 bridgehead atoms. The number of piperazine rings is 1. The van der Waals surface area contributed by atoms with E-state index in [1.165, 1.54) is 0 Å². The van der Waals surface area contributed by atoms with Crippen LogP contribution in [0.4, 0.5) is 15.3 Å². The lowest BCUT2D eigenvalue weighted by atomic mass is 10.0. The predicted molar refractivity (Wildman–Crippen MR) is 179 cm³/mol. The minimum absolute atomic E-state index is 0. The molecule has 5 heterocycles. The third-order valence-electron chi connectivity index (χ3n) is 10.1. The molecule has 11 nitrogen and oxygen atoms in total. The molecule has 46 heavy (non-hydrogen) atoms. The highest BCUT2D eigenvalue weighted by molar-refractivity contribution is 5.91. The molecule has 3 saturated heterocycles. The van der Waals surface area contributed by atoms with Crippen LogP contribution < -0.4 is 10.6 Å². The summed E-state index contributed by atoms with van der Waals surface area (Å²) in [4.78, 5) is 53.0. The first-order valence-electron chi connectivity index (χ1n) is 16.6. The molecule has 0 unspecified atom stereocenters. The third-order valence-corrected chi connectivity index (χ3v) is 10.1. The molecular formula is C35H51N7O4. The highest BCUT2D eigenvalue weighted by Crippen LogP contribution is 2.26. The van der Waals surface area contributed by atoms with Crippen molar-refractivity contribution >= 4 is 23.7 Å². The average molecular weight is 634 g/mol. The van der Waals surface area contributed by atoms with Gasteiger partial charge in [0.2, 0.25) is 0 Å². The van der Waals surface area contributed by atoms with Crippen LogP contribution in [-0.4, -0.2) is 120 Å². The molecule has 0 saturated carbocycles. The number of anilines is 1. The van der Waals surface area contributed by atoms with Crippen LogP contribution in [-0.2, 0) is 22.4 Å². The molecule has 1 atom stereocenters. The molecule has 4 amide bonds. The van der Waals surface area contributed by atoms with Crippen molar-refractivity contribution in [2.75, 3.05) is 64.2 Å². The second-order valence-electron chi connectivity index (χ2n) is 12.9. The third kappa shape index (κ3) is 7.81. The lowest BCUT2D eigenvalue weighted by Crippen LogP contribution is -2.54. The van der Waals surface area contributed by atoms with Crippen molar-refractivity contribution in [1.29, 1.82) is 0 Å². The summed E-state index contributed by atoms with van der Waals surface area (Å²) in [5.41, 5.74) is 4.92. The van der Waals surface area contributed by atoms with Crippen LogP contribution in [0.15, 0.2) is 36.5 Å². The summed E-state index contributed by atoms with van der Waals surface area (Å²) in [7, 11) is 0. The largest absolute Gasteiger partial charge is 0.436 e. The number of piperidine rings is 2. The van der Waals surface area contributed by atoms with Crippen molar-refractivity contribution in [1.82, 2.24) is 29.9 Å². The van der Waals surface area contributed by atoms with Crippen molar-refractivity contribution in [2.45, 2.75) is 78.0 Å². The number of aryl methyl sites for hydroxylation is 2. The first-order chi connectivity index (χ1) is 21.9. The summed E-state index contributed by atoms with van der Waals surface area (Å²) in [6.07, 6.45) is 4.62. The number of hydrogen-bond donors (Lipinski definition) is 2. The van der Waals surface area contributed by atoms with Crippen LogP contribution in [0.1, 0.15) is 55.5 Å². The summed E-state index contributed by atoms with van der Waals surface area (Å²) >= 11 is 0. The molecule has 2 N–H and O–H groups in total. The van der Waals surface area contributed by atoms with Gasteiger partial charge in [0.1, 0.15) is 0 Å². The van der Waals surface area contributed by atoms with Gasteiger partial charge in [-0.25, -0.2) is 9.59 Å². The molecule has 2 aromatic rings. The average Bonchev–Trinajstić information content (AvgIpc) is 3.24. The Kier molecular flexibility index (Phi) is 11.2. The highest BCUT2D eigenvalue weighted by atomic mass is 16.6. The van der Waals surface area contributed by atoms with E-state index >= 15 is 0 Å². The van der Waals surface area contributed by atoms with Crippen molar-refractivity contribution in [2.24, 2.45) is 0 Å². The molecule has 0 spiro atoms.